The summed E-state index contributed by atoms with van der Waals surface area (Å²) in [6.45, 7) is 2.87. The van der Waals surface area contributed by atoms with Crippen molar-refractivity contribution in [3.05, 3.63) is 71.9 Å². The molecule has 226 valence electrons. The number of piperidine rings is 1. The highest BCUT2D eigenvalue weighted by atomic mass is 32.3. The molecule has 2 aliphatic rings. The van der Waals surface area contributed by atoms with Gasteiger partial charge in [-0.2, -0.15) is 33.3 Å². The highest BCUT2D eigenvalue weighted by Gasteiger charge is 2.71. The Bertz CT molecular complexity index is 2040. The summed E-state index contributed by atoms with van der Waals surface area (Å²) in [4.78, 5) is 2.56. The van der Waals surface area contributed by atoms with Crippen molar-refractivity contribution in [3.63, 3.8) is 0 Å². The van der Waals surface area contributed by atoms with Crippen molar-refractivity contribution in [1.82, 2.24) is 44.1 Å². The SMILES string of the molecule is Cc1cc2c(cnn2-c2ccc(F)cc2)cc1[C@]12CN([SH](C)(=O)c3cnn(C)n3)C[C@H]1[C@@H]2COS(=O)(=O)c1cnn(C)n1. The molecule has 3 atom stereocenters. The second kappa shape index (κ2) is 9.57. The van der Waals surface area contributed by atoms with Gasteiger partial charge in [0.1, 0.15) is 5.82 Å². The van der Waals surface area contributed by atoms with Gasteiger partial charge in [-0.15, -0.1) is 10.2 Å². The molecule has 0 bridgehead atoms. The van der Waals surface area contributed by atoms with Crippen LogP contribution in [0.15, 0.2) is 65.0 Å². The molecule has 0 N–H and O–H groups in total. The first-order valence-electron chi connectivity index (χ1n) is 13.6. The fourth-order valence-corrected chi connectivity index (χ4v) is 9.25. The van der Waals surface area contributed by atoms with Crippen LogP contribution in [0.4, 0.5) is 4.39 Å². The van der Waals surface area contributed by atoms with E-state index in [1.54, 1.807) is 36.3 Å². The number of hydrogen-bond acceptors (Lipinski definition) is 9. The Balaban J connectivity index is 1.25. The Morgan fingerprint density at radius 3 is 2.44 bits per heavy atom. The molecule has 1 saturated heterocycles. The largest absolute Gasteiger partial charge is 0.318 e. The van der Waals surface area contributed by atoms with Crippen molar-refractivity contribution in [2.24, 2.45) is 25.9 Å². The lowest BCUT2D eigenvalue weighted by Gasteiger charge is -2.32. The maximum Gasteiger partial charge on any atom is 0.318 e. The molecule has 2 aromatic carbocycles. The van der Waals surface area contributed by atoms with Crippen molar-refractivity contribution in [1.29, 1.82) is 0 Å². The van der Waals surface area contributed by atoms with Crippen LogP contribution in [0.3, 0.4) is 0 Å². The maximum absolute atomic E-state index is 14.1. The van der Waals surface area contributed by atoms with Crippen LogP contribution in [0.1, 0.15) is 11.1 Å². The Labute approximate surface area is 247 Å². The molecule has 0 spiro atoms. The number of nitrogens with zero attached hydrogens (tertiary/aromatic N) is 9. The normalized spacial score (nSPS) is 22.7. The minimum absolute atomic E-state index is 0.0159. The number of aryl methyl sites for hydroxylation is 3. The number of rotatable bonds is 8. The third-order valence-electron chi connectivity index (χ3n) is 8.83. The second-order valence-electron chi connectivity index (χ2n) is 11.3. The van der Waals surface area contributed by atoms with Gasteiger partial charge < -0.3 is 0 Å². The minimum Gasteiger partial charge on any atom is -0.265 e. The summed E-state index contributed by atoms with van der Waals surface area (Å²) in [6.07, 6.45) is 6.15. The molecule has 4 heterocycles. The molecule has 13 nitrogen and oxygen atoms in total. The van der Waals surface area contributed by atoms with Crippen LogP contribution in [-0.4, -0.2) is 82.7 Å². The van der Waals surface area contributed by atoms with E-state index in [1.165, 1.54) is 30.2 Å². The Hall–Kier alpha value is -3.86. The summed E-state index contributed by atoms with van der Waals surface area (Å²) in [6, 6.07) is 10.2. The van der Waals surface area contributed by atoms with Crippen LogP contribution in [0.2, 0.25) is 0 Å². The number of hydrogen-bond donors (Lipinski definition) is 1. The van der Waals surface area contributed by atoms with Gasteiger partial charge in [0.05, 0.1) is 36.4 Å². The van der Waals surface area contributed by atoms with Gasteiger partial charge in [0, 0.05) is 44.2 Å². The zero-order valence-electron chi connectivity index (χ0n) is 23.9. The summed E-state index contributed by atoms with van der Waals surface area (Å²) >= 11 is 0. The van der Waals surface area contributed by atoms with Gasteiger partial charge in [-0.25, -0.2) is 13.4 Å². The molecule has 0 unspecified atom stereocenters. The van der Waals surface area contributed by atoms with Gasteiger partial charge >= 0.3 is 10.1 Å². The monoisotopic (exact) mass is 627 g/mol. The molecule has 7 rings (SSSR count). The molecule has 43 heavy (non-hydrogen) atoms. The van der Waals surface area contributed by atoms with E-state index < -0.39 is 25.7 Å². The quantitative estimate of drug-likeness (QED) is 0.200. The van der Waals surface area contributed by atoms with Gasteiger partial charge in [0.2, 0.25) is 5.03 Å². The Morgan fingerprint density at radius 1 is 1.05 bits per heavy atom. The van der Waals surface area contributed by atoms with Crippen molar-refractivity contribution in [3.8, 4) is 5.69 Å². The Kier molecular flexibility index (Phi) is 6.22. The summed E-state index contributed by atoms with van der Waals surface area (Å²) in [5, 5.41) is 21.8. The summed E-state index contributed by atoms with van der Waals surface area (Å²) in [5.74, 6) is -0.495. The van der Waals surface area contributed by atoms with Gasteiger partial charge in [0.15, 0.2) is 5.03 Å². The number of fused-ring (bicyclic) bond motifs is 2. The molecule has 1 aliphatic heterocycles. The van der Waals surface area contributed by atoms with E-state index in [4.69, 9.17) is 4.18 Å². The Morgan fingerprint density at radius 2 is 1.77 bits per heavy atom. The maximum atomic E-state index is 14.1. The van der Waals surface area contributed by atoms with Crippen LogP contribution in [0.5, 0.6) is 0 Å². The van der Waals surface area contributed by atoms with Crippen LogP contribution in [-0.2, 0) is 43.9 Å². The average Bonchev–Trinajstić information content (AvgIpc) is 3.58. The minimum atomic E-state index is -4.12. The van der Waals surface area contributed by atoms with E-state index in [1.807, 2.05) is 17.3 Å². The highest BCUT2D eigenvalue weighted by molar-refractivity contribution is 8.00. The van der Waals surface area contributed by atoms with Gasteiger partial charge in [-0.1, -0.05) is 0 Å². The molecule has 1 saturated carbocycles. The zero-order chi connectivity index (χ0) is 30.3. The predicted octanol–water partition coefficient (Wildman–Crippen LogP) is 1.56. The van der Waals surface area contributed by atoms with Crippen molar-refractivity contribution < 1.29 is 21.2 Å². The zero-order valence-corrected chi connectivity index (χ0v) is 25.6. The molecule has 0 radical (unpaired) electrons. The second-order valence-corrected chi connectivity index (χ2v) is 15.7. The van der Waals surface area contributed by atoms with Crippen LogP contribution in [0, 0.1) is 24.6 Å². The number of thiol groups is 1. The van der Waals surface area contributed by atoms with Gasteiger partial charge in [-0.05, 0) is 76.4 Å². The van der Waals surface area contributed by atoms with E-state index in [-0.39, 0.29) is 29.3 Å². The third-order valence-corrected chi connectivity index (χ3v) is 12.4. The smallest absolute Gasteiger partial charge is 0.265 e. The van der Waals surface area contributed by atoms with Crippen molar-refractivity contribution >= 4 is 31.1 Å². The number of benzene rings is 2. The summed E-state index contributed by atoms with van der Waals surface area (Å²) < 4.78 is 62.7. The van der Waals surface area contributed by atoms with Crippen LogP contribution in [0.25, 0.3) is 16.6 Å². The standard InChI is InChI=1S/C27H30FN9O4S2/c1-17-9-24-18(11-31-37(24)20-7-5-19(28)6-8-20)10-21(17)27-16-36(42(4,38)25-12-29-34(2)32-25)14-22(27)23(27)15-41-43(39,40)26-13-30-35(3)33-26/h5-13,22-23,42H,14-16H2,1-4H3/t22-,23-,27+/m0/s1. The van der Waals surface area contributed by atoms with Crippen molar-refractivity contribution in [2.75, 3.05) is 26.0 Å². The molecule has 5 aromatic rings. The predicted molar refractivity (Wildman–Crippen MR) is 155 cm³/mol. The lowest BCUT2D eigenvalue weighted by Crippen LogP contribution is -2.39. The molecule has 2 fully saturated rings. The first-order chi connectivity index (χ1) is 20.4. The van der Waals surface area contributed by atoms with E-state index in [2.05, 4.69) is 31.6 Å². The van der Waals surface area contributed by atoms with E-state index in [0.29, 0.717) is 18.1 Å². The third kappa shape index (κ3) is 4.42. The van der Waals surface area contributed by atoms with E-state index >= 15 is 0 Å². The average molecular weight is 628 g/mol. The first kappa shape index (κ1) is 27.9. The van der Waals surface area contributed by atoms with Crippen molar-refractivity contribution in [2.45, 2.75) is 22.4 Å². The lowest BCUT2D eigenvalue weighted by molar-refractivity contribution is 0.265. The fourth-order valence-electron chi connectivity index (χ4n) is 6.57. The highest BCUT2D eigenvalue weighted by Crippen LogP contribution is 2.66. The summed E-state index contributed by atoms with van der Waals surface area (Å²) in [7, 11) is -3.96. The van der Waals surface area contributed by atoms with E-state index in [0.717, 1.165) is 38.7 Å². The first-order valence-corrected chi connectivity index (χ1v) is 17.1. The van der Waals surface area contributed by atoms with Crippen LogP contribution >= 0.6 is 0 Å². The molecule has 0 amide bonds. The molecular formula is C27H30FN9O4S2. The molecule has 3 aromatic heterocycles. The molecule has 1 aliphatic carbocycles. The van der Waals surface area contributed by atoms with Crippen LogP contribution < -0.4 is 0 Å². The number of aromatic nitrogens is 8. The fraction of sp³-hybridized carbons (Fsp3) is 0.370. The topological polar surface area (TPSA) is 143 Å². The van der Waals surface area contributed by atoms with Gasteiger partial charge in [0.25, 0.3) is 0 Å². The van der Waals surface area contributed by atoms with Gasteiger partial charge in [-0.3, -0.25) is 8.39 Å². The molecular weight excluding hydrogens is 597 g/mol. The molecule has 16 heteroatoms. The number of halogens is 1. The van der Waals surface area contributed by atoms with E-state index in [9.17, 15) is 17.0 Å². The summed E-state index contributed by atoms with van der Waals surface area (Å²) in [5.41, 5.74) is 3.08. The lowest BCUT2D eigenvalue weighted by atomic mass is 9.88.